The molecule has 3 heterocycles. The molecule has 0 aliphatic carbocycles. The van der Waals surface area contributed by atoms with E-state index in [9.17, 15) is 4.79 Å². The molecule has 1 amide bonds. The van der Waals surface area contributed by atoms with E-state index in [1.54, 1.807) is 12.3 Å². The van der Waals surface area contributed by atoms with Crippen molar-refractivity contribution in [3.63, 3.8) is 0 Å². The van der Waals surface area contributed by atoms with Crippen molar-refractivity contribution in [1.82, 2.24) is 19.8 Å². The maximum absolute atomic E-state index is 12.6. The summed E-state index contributed by atoms with van der Waals surface area (Å²) >= 11 is 0. The van der Waals surface area contributed by atoms with Gasteiger partial charge in [-0.15, -0.1) is 0 Å². The minimum Gasteiger partial charge on any atom is -0.356 e. The molecule has 0 saturated carbocycles. The van der Waals surface area contributed by atoms with Gasteiger partial charge in [0, 0.05) is 38.1 Å². The van der Waals surface area contributed by atoms with Crippen molar-refractivity contribution in [2.24, 2.45) is 0 Å². The molecule has 0 spiro atoms. The molecule has 0 bridgehead atoms. The van der Waals surface area contributed by atoms with Crippen molar-refractivity contribution >= 4 is 5.91 Å². The predicted molar refractivity (Wildman–Crippen MR) is 94.8 cm³/mol. The zero-order valence-corrected chi connectivity index (χ0v) is 14.5. The zero-order chi connectivity index (χ0) is 17.6. The van der Waals surface area contributed by atoms with Crippen LogP contribution < -0.4 is 0 Å². The van der Waals surface area contributed by atoms with Crippen molar-refractivity contribution in [2.45, 2.75) is 31.8 Å². The number of aromatic nitrogens is 2. The first-order valence-electron chi connectivity index (χ1n) is 8.65. The second-order valence-corrected chi connectivity index (χ2v) is 6.53. The molecule has 1 aliphatic rings. The molecule has 1 aliphatic heterocycles. The van der Waals surface area contributed by atoms with E-state index in [0.717, 1.165) is 44.6 Å². The Balaban J connectivity index is 1.58. The summed E-state index contributed by atoms with van der Waals surface area (Å²) in [5.74, 6) is -0.0190. The Labute approximate surface area is 148 Å². The maximum atomic E-state index is 12.6. The minimum atomic E-state index is -0.0190. The average Bonchev–Trinajstić information content (AvgIpc) is 2.98. The van der Waals surface area contributed by atoms with Gasteiger partial charge in [0.2, 0.25) is 0 Å². The van der Waals surface area contributed by atoms with E-state index < -0.39 is 0 Å². The van der Waals surface area contributed by atoms with E-state index >= 15 is 0 Å². The van der Waals surface area contributed by atoms with E-state index in [-0.39, 0.29) is 5.91 Å². The number of likely N-dealkylation sites (tertiary alicyclic amines) is 1. The molecule has 6 heteroatoms. The van der Waals surface area contributed by atoms with Crippen LogP contribution in [0.25, 0.3) is 0 Å². The fourth-order valence-corrected chi connectivity index (χ4v) is 3.35. The molecule has 2 aromatic heterocycles. The summed E-state index contributed by atoms with van der Waals surface area (Å²) in [5.41, 5.74) is 2.06. The van der Waals surface area contributed by atoms with Gasteiger partial charge in [-0.05, 0) is 44.5 Å². The average molecular weight is 337 g/mol. The molecule has 2 aromatic rings. The number of nitriles is 1. The Kier molecular flexibility index (Phi) is 5.46. The number of H-pyrrole nitrogens is 1. The van der Waals surface area contributed by atoms with Crippen LogP contribution in [0.5, 0.6) is 0 Å². The highest BCUT2D eigenvalue weighted by atomic mass is 16.2. The molecule has 1 N–H and O–H groups in total. The van der Waals surface area contributed by atoms with E-state index in [1.165, 1.54) is 0 Å². The van der Waals surface area contributed by atoms with Crippen LogP contribution in [0.2, 0.25) is 0 Å². The van der Waals surface area contributed by atoms with Crippen LogP contribution in [0.1, 0.15) is 41.0 Å². The molecule has 1 atom stereocenters. The molecule has 0 aromatic carbocycles. The van der Waals surface area contributed by atoms with E-state index in [2.05, 4.69) is 21.9 Å². The lowest BCUT2D eigenvalue weighted by Gasteiger charge is -2.27. The first-order chi connectivity index (χ1) is 12.2. The molecule has 3 rings (SSSR count). The van der Waals surface area contributed by atoms with Crippen molar-refractivity contribution in [1.29, 1.82) is 5.26 Å². The lowest BCUT2D eigenvalue weighted by Crippen LogP contribution is -2.35. The number of nitrogens with zero attached hydrogens (tertiary/aromatic N) is 4. The van der Waals surface area contributed by atoms with Gasteiger partial charge in [0.25, 0.3) is 5.91 Å². The number of carbonyl (C=O) groups excluding carboxylic acids is 1. The molecule has 0 radical (unpaired) electrons. The van der Waals surface area contributed by atoms with Crippen LogP contribution >= 0.6 is 0 Å². The predicted octanol–water partition coefficient (Wildman–Crippen LogP) is 2.41. The number of hydrogen-bond acceptors (Lipinski definition) is 4. The molecular formula is C19H23N5O. The van der Waals surface area contributed by atoms with E-state index in [4.69, 9.17) is 5.26 Å². The Morgan fingerprint density at radius 1 is 1.44 bits per heavy atom. The molecule has 1 fully saturated rings. The van der Waals surface area contributed by atoms with E-state index in [1.807, 2.05) is 35.4 Å². The first-order valence-corrected chi connectivity index (χ1v) is 8.65. The van der Waals surface area contributed by atoms with Crippen LogP contribution in [0.15, 0.2) is 36.7 Å². The van der Waals surface area contributed by atoms with Crippen molar-refractivity contribution < 1.29 is 4.79 Å². The third kappa shape index (κ3) is 4.25. The third-order valence-corrected chi connectivity index (χ3v) is 4.79. The van der Waals surface area contributed by atoms with Gasteiger partial charge in [-0.2, -0.15) is 5.26 Å². The SMILES string of the molecule is CN(Cc1ccccn1)[C@H]1CCCN(C(=O)c2cc(C#N)c[nH]2)CC1. The summed E-state index contributed by atoms with van der Waals surface area (Å²) in [6.07, 6.45) is 6.40. The van der Waals surface area contributed by atoms with Gasteiger partial charge in [-0.25, -0.2) is 0 Å². The number of amides is 1. The van der Waals surface area contributed by atoms with Gasteiger partial charge in [0.05, 0.1) is 11.3 Å². The van der Waals surface area contributed by atoms with Gasteiger partial charge in [-0.1, -0.05) is 6.07 Å². The third-order valence-electron chi connectivity index (χ3n) is 4.79. The molecule has 6 nitrogen and oxygen atoms in total. The monoisotopic (exact) mass is 337 g/mol. The highest BCUT2D eigenvalue weighted by Gasteiger charge is 2.24. The number of nitrogens with one attached hydrogen (secondary N) is 1. The van der Waals surface area contributed by atoms with Crippen LogP contribution in [-0.4, -0.2) is 51.9 Å². The number of rotatable bonds is 4. The molecule has 25 heavy (non-hydrogen) atoms. The normalized spacial score (nSPS) is 18.0. The maximum Gasteiger partial charge on any atom is 0.270 e. The second kappa shape index (κ2) is 7.95. The summed E-state index contributed by atoms with van der Waals surface area (Å²) in [6, 6.07) is 10.1. The van der Waals surface area contributed by atoms with Gasteiger partial charge in [0.15, 0.2) is 0 Å². The summed E-state index contributed by atoms with van der Waals surface area (Å²) in [6.45, 7) is 2.31. The Morgan fingerprint density at radius 3 is 3.04 bits per heavy atom. The molecule has 0 unspecified atom stereocenters. The largest absolute Gasteiger partial charge is 0.356 e. The lowest BCUT2D eigenvalue weighted by atomic mass is 10.1. The van der Waals surface area contributed by atoms with Gasteiger partial charge in [-0.3, -0.25) is 14.7 Å². The summed E-state index contributed by atoms with van der Waals surface area (Å²) < 4.78 is 0. The fraction of sp³-hybridized carbons (Fsp3) is 0.421. The zero-order valence-electron chi connectivity index (χ0n) is 14.5. The van der Waals surface area contributed by atoms with Crippen LogP contribution in [0.4, 0.5) is 0 Å². The van der Waals surface area contributed by atoms with Crippen molar-refractivity contribution in [3.8, 4) is 6.07 Å². The van der Waals surface area contributed by atoms with Crippen LogP contribution in [-0.2, 0) is 6.54 Å². The smallest absolute Gasteiger partial charge is 0.270 e. The Hall–Kier alpha value is -2.65. The standard InChI is InChI=1S/C19H23N5O/c1-23(14-16-5-2-3-8-21-16)17-6-4-9-24(10-7-17)19(25)18-11-15(12-20)13-22-18/h2-3,5,8,11,13,17,22H,4,6-7,9-10,14H2,1H3/t17-/m0/s1. The highest BCUT2D eigenvalue weighted by molar-refractivity contribution is 5.92. The highest BCUT2D eigenvalue weighted by Crippen LogP contribution is 2.19. The first kappa shape index (κ1) is 17.2. The van der Waals surface area contributed by atoms with Gasteiger partial charge >= 0.3 is 0 Å². The quantitative estimate of drug-likeness (QED) is 0.929. The summed E-state index contributed by atoms with van der Waals surface area (Å²) in [4.78, 5) is 24.1. The molecular weight excluding hydrogens is 314 g/mol. The molecule has 130 valence electrons. The van der Waals surface area contributed by atoms with E-state index in [0.29, 0.717) is 17.3 Å². The topological polar surface area (TPSA) is 76.0 Å². The van der Waals surface area contributed by atoms with Crippen LogP contribution in [0, 0.1) is 11.3 Å². The summed E-state index contributed by atoms with van der Waals surface area (Å²) in [7, 11) is 2.13. The van der Waals surface area contributed by atoms with Crippen LogP contribution in [0.3, 0.4) is 0 Å². The fourth-order valence-electron chi connectivity index (χ4n) is 3.35. The minimum absolute atomic E-state index is 0.0190. The van der Waals surface area contributed by atoms with Crippen molar-refractivity contribution in [3.05, 3.63) is 53.6 Å². The molecule has 1 saturated heterocycles. The second-order valence-electron chi connectivity index (χ2n) is 6.53. The number of hydrogen-bond donors (Lipinski definition) is 1. The van der Waals surface area contributed by atoms with Gasteiger partial charge < -0.3 is 9.88 Å². The number of carbonyl (C=O) groups is 1. The lowest BCUT2D eigenvalue weighted by molar-refractivity contribution is 0.0752. The van der Waals surface area contributed by atoms with Gasteiger partial charge in [0.1, 0.15) is 11.8 Å². The summed E-state index contributed by atoms with van der Waals surface area (Å²) in [5, 5.41) is 8.90. The van der Waals surface area contributed by atoms with Crippen molar-refractivity contribution in [2.75, 3.05) is 20.1 Å². The number of pyridine rings is 1. The Morgan fingerprint density at radius 2 is 2.32 bits per heavy atom. The Bertz CT molecular complexity index is 749. The number of aromatic amines is 1.